The Labute approximate surface area is 178 Å². The number of aryl methyl sites for hydroxylation is 2. The van der Waals surface area contributed by atoms with Crippen LogP contribution in [-0.2, 0) is 20.1 Å². The Hall–Kier alpha value is -2.04. The molecule has 0 saturated heterocycles. The summed E-state index contributed by atoms with van der Waals surface area (Å²) in [6.07, 6.45) is 0. The number of aliphatic imine (C=N–C) groups is 1. The minimum absolute atomic E-state index is 0. The van der Waals surface area contributed by atoms with Crippen LogP contribution in [0.2, 0.25) is 0 Å². The van der Waals surface area contributed by atoms with Gasteiger partial charge >= 0.3 is 0 Å². The molecule has 0 atom stereocenters. The summed E-state index contributed by atoms with van der Waals surface area (Å²) in [4.78, 5) is 6.41. The number of methoxy groups -OCH3 is 2. The van der Waals surface area contributed by atoms with Gasteiger partial charge in [0.05, 0.1) is 20.8 Å². The molecule has 0 spiro atoms. The summed E-state index contributed by atoms with van der Waals surface area (Å²) in [7, 11) is 8.99. The molecule has 0 aliphatic carbocycles. The number of aromatic nitrogens is 3. The zero-order valence-electron chi connectivity index (χ0n) is 17.0. The Bertz CT molecular complexity index is 790. The summed E-state index contributed by atoms with van der Waals surface area (Å²) in [5.41, 5.74) is 2.27. The van der Waals surface area contributed by atoms with Crippen molar-refractivity contribution in [3.8, 4) is 11.5 Å². The molecule has 0 radical (unpaired) electrons. The second kappa shape index (κ2) is 10.3. The average Bonchev–Trinajstić information content (AvgIpc) is 2.95. The Morgan fingerprint density at radius 2 is 1.81 bits per heavy atom. The van der Waals surface area contributed by atoms with E-state index in [9.17, 15) is 0 Å². The highest BCUT2D eigenvalue weighted by Gasteiger charge is 2.13. The van der Waals surface area contributed by atoms with Crippen LogP contribution in [-0.4, -0.2) is 53.9 Å². The van der Waals surface area contributed by atoms with Gasteiger partial charge in [0, 0.05) is 27.7 Å². The van der Waals surface area contributed by atoms with Crippen LogP contribution < -0.4 is 14.8 Å². The lowest BCUT2D eigenvalue weighted by molar-refractivity contribution is 0.353. The Morgan fingerprint density at radius 3 is 2.33 bits per heavy atom. The van der Waals surface area contributed by atoms with E-state index >= 15 is 0 Å². The van der Waals surface area contributed by atoms with Crippen molar-refractivity contribution in [3.05, 3.63) is 34.9 Å². The van der Waals surface area contributed by atoms with E-state index in [2.05, 4.69) is 32.3 Å². The second-order valence-corrected chi connectivity index (χ2v) is 6.11. The normalized spacial score (nSPS) is 11.0. The maximum Gasteiger partial charge on any atom is 0.194 e. The van der Waals surface area contributed by atoms with E-state index in [0.717, 1.165) is 40.2 Å². The van der Waals surface area contributed by atoms with Crippen molar-refractivity contribution >= 4 is 29.9 Å². The second-order valence-electron chi connectivity index (χ2n) is 6.11. The van der Waals surface area contributed by atoms with Gasteiger partial charge in [0.1, 0.15) is 5.82 Å². The molecule has 1 aromatic heterocycles. The fourth-order valence-electron chi connectivity index (χ4n) is 2.67. The fourth-order valence-corrected chi connectivity index (χ4v) is 2.67. The molecule has 0 aliphatic rings. The summed E-state index contributed by atoms with van der Waals surface area (Å²) in [5, 5.41) is 11.6. The number of benzene rings is 1. The van der Waals surface area contributed by atoms with Crippen molar-refractivity contribution in [2.45, 2.75) is 26.9 Å². The van der Waals surface area contributed by atoms with Crippen LogP contribution in [0.4, 0.5) is 0 Å². The monoisotopic (exact) mass is 488 g/mol. The Kier molecular flexibility index (Phi) is 8.80. The minimum Gasteiger partial charge on any atom is -0.493 e. The number of ether oxygens (including phenoxy) is 2. The lowest BCUT2D eigenvalue weighted by Crippen LogP contribution is -2.38. The number of nitrogens with zero attached hydrogens (tertiary/aromatic N) is 5. The fraction of sp³-hybridized carbons (Fsp3) is 0.500. The zero-order chi connectivity index (χ0) is 19.3. The molecule has 0 aliphatic heterocycles. The number of guanidine groups is 1. The minimum atomic E-state index is 0. The highest BCUT2D eigenvalue weighted by molar-refractivity contribution is 14.0. The molecule has 0 amide bonds. The number of rotatable bonds is 6. The standard InChI is InChI=1S/C18H28N6O2.HI/c1-12-8-15(25-6)16(26-7)9-14(12)11-23(4)18(19-3)20-10-17-22-21-13(2)24(17)5;/h8-9H,10-11H2,1-7H3,(H,19,20);1H. The molecule has 27 heavy (non-hydrogen) atoms. The van der Waals surface area contributed by atoms with Gasteiger partial charge in [-0.3, -0.25) is 4.99 Å². The molecular weight excluding hydrogens is 459 g/mol. The van der Waals surface area contributed by atoms with Crippen molar-refractivity contribution in [1.82, 2.24) is 25.0 Å². The number of nitrogens with one attached hydrogen (secondary N) is 1. The highest BCUT2D eigenvalue weighted by atomic mass is 127. The molecule has 0 bridgehead atoms. The molecule has 9 heteroatoms. The van der Waals surface area contributed by atoms with Crippen LogP contribution in [0.25, 0.3) is 0 Å². The quantitative estimate of drug-likeness (QED) is 0.382. The molecule has 8 nitrogen and oxygen atoms in total. The van der Waals surface area contributed by atoms with E-state index in [4.69, 9.17) is 9.47 Å². The van der Waals surface area contributed by atoms with Crippen molar-refractivity contribution in [2.24, 2.45) is 12.0 Å². The van der Waals surface area contributed by atoms with Crippen molar-refractivity contribution in [2.75, 3.05) is 28.3 Å². The van der Waals surface area contributed by atoms with Crippen LogP contribution in [0, 0.1) is 13.8 Å². The summed E-state index contributed by atoms with van der Waals surface area (Å²) >= 11 is 0. The number of hydrogen-bond donors (Lipinski definition) is 1. The third kappa shape index (κ3) is 5.47. The van der Waals surface area contributed by atoms with E-state index in [1.54, 1.807) is 21.3 Å². The van der Waals surface area contributed by atoms with E-state index in [1.165, 1.54) is 0 Å². The zero-order valence-corrected chi connectivity index (χ0v) is 19.4. The largest absolute Gasteiger partial charge is 0.493 e. The molecule has 2 aromatic rings. The average molecular weight is 488 g/mol. The predicted octanol–water partition coefficient (Wildman–Crippen LogP) is 2.27. The van der Waals surface area contributed by atoms with Crippen LogP contribution >= 0.6 is 24.0 Å². The maximum absolute atomic E-state index is 5.41. The molecule has 2 rings (SSSR count). The van der Waals surface area contributed by atoms with Gasteiger partial charge in [0.25, 0.3) is 0 Å². The maximum atomic E-state index is 5.41. The van der Waals surface area contributed by atoms with Crippen LogP contribution in [0.5, 0.6) is 11.5 Å². The SMILES string of the molecule is CN=C(NCc1nnc(C)n1C)N(C)Cc1cc(OC)c(OC)cc1C.I. The van der Waals surface area contributed by atoms with Crippen LogP contribution in [0.3, 0.4) is 0 Å². The van der Waals surface area contributed by atoms with Gasteiger partial charge in [-0.05, 0) is 37.1 Å². The molecule has 150 valence electrons. The van der Waals surface area contributed by atoms with Gasteiger partial charge in [0.2, 0.25) is 0 Å². The third-order valence-corrected chi connectivity index (χ3v) is 4.41. The van der Waals surface area contributed by atoms with Gasteiger partial charge in [-0.15, -0.1) is 34.2 Å². The number of hydrogen-bond acceptors (Lipinski definition) is 5. The first kappa shape index (κ1) is 23.0. The highest BCUT2D eigenvalue weighted by Crippen LogP contribution is 2.30. The molecule has 0 saturated carbocycles. The topological polar surface area (TPSA) is 76.8 Å². The lowest BCUT2D eigenvalue weighted by atomic mass is 10.1. The number of halogens is 1. The summed E-state index contributed by atoms with van der Waals surface area (Å²) in [6, 6.07) is 3.99. The predicted molar refractivity (Wildman–Crippen MR) is 117 cm³/mol. The third-order valence-electron chi connectivity index (χ3n) is 4.41. The summed E-state index contributed by atoms with van der Waals surface area (Å²) in [6.45, 7) is 5.23. The molecule has 0 fully saturated rings. The lowest BCUT2D eigenvalue weighted by Gasteiger charge is -2.23. The van der Waals surface area contributed by atoms with Crippen molar-refractivity contribution in [3.63, 3.8) is 0 Å². The van der Waals surface area contributed by atoms with Gasteiger partial charge in [-0.25, -0.2) is 0 Å². The van der Waals surface area contributed by atoms with Gasteiger partial charge in [-0.1, -0.05) is 0 Å². The summed E-state index contributed by atoms with van der Waals surface area (Å²) < 4.78 is 12.7. The molecule has 1 heterocycles. The van der Waals surface area contributed by atoms with Crippen LogP contribution in [0.15, 0.2) is 17.1 Å². The van der Waals surface area contributed by atoms with Crippen molar-refractivity contribution in [1.29, 1.82) is 0 Å². The molecule has 1 aromatic carbocycles. The Balaban J connectivity index is 0.00000364. The summed E-state index contributed by atoms with van der Waals surface area (Å²) in [5.74, 6) is 3.97. The van der Waals surface area contributed by atoms with E-state index in [0.29, 0.717) is 13.1 Å². The Morgan fingerprint density at radius 1 is 1.19 bits per heavy atom. The smallest absolute Gasteiger partial charge is 0.194 e. The van der Waals surface area contributed by atoms with Crippen molar-refractivity contribution < 1.29 is 9.47 Å². The molecular formula is C18H29IN6O2. The van der Waals surface area contributed by atoms with E-state index in [1.807, 2.05) is 37.7 Å². The van der Waals surface area contributed by atoms with E-state index in [-0.39, 0.29) is 24.0 Å². The van der Waals surface area contributed by atoms with Crippen LogP contribution in [0.1, 0.15) is 22.8 Å². The van der Waals surface area contributed by atoms with E-state index < -0.39 is 0 Å². The first-order valence-electron chi connectivity index (χ1n) is 8.39. The van der Waals surface area contributed by atoms with Gasteiger partial charge in [-0.2, -0.15) is 0 Å². The van der Waals surface area contributed by atoms with Gasteiger partial charge < -0.3 is 24.3 Å². The van der Waals surface area contributed by atoms with Gasteiger partial charge in [0.15, 0.2) is 23.3 Å². The molecule has 1 N–H and O–H groups in total. The first-order chi connectivity index (χ1) is 12.4. The first-order valence-corrected chi connectivity index (χ1v) is 8.39. The molecule has 0 unspecified atom stereocenters.